The fraction of sp³-hybridized carbons (Fsp3) is 0.136. The molecule has 7 heteroatoms. The lowest BCUT2D eigenvalue weighted by Gasteiger charge is -2.13. The number of nitrogens with one attached hydrogen (secondary N) is 1. The number of nitrogens with zero attached hydrogens (tertiary/aromatic N) is 2. The molecule has 29 heavy (non-hydrogen) atoms. The molecule has 3 aromatic rings. The Kier molecular flexibility index (Phi) is 5.24. The Morgan fingerprint density at radius 1 is 1.07 bits per heavy atom. The minimum atomic E-state index is -0.439. The SMILES string of the molecule is Cc1sc(-c2cccc(NC3=CC(=O)N(CCO)C3=O)c2)nc1-c1ccccc1. The Labute approximate surface area is 172 Å². The first-order valence-electron chi connectivity index (χ1n) is 9.15. The van der Waals surface area contributed by atoms with E-state index in [1.807, 2.05) is 54.6 Å². The van der Waals surface area contributed by atoms with Crippen molar-refractivity contribution in [2.24, 2.45) is 0 Å². The number of carbonyl (C=O) groups excluding carboxylic acids is 2. The van der Waals surface area contributed by atoms with Crippen molar-refractivity contribution in [1.82, 2.24) is 9.88 Å². The summed E-state index contributed by atoms with van der Waals surface area (Å²) in [6, 6.07) is 17.6. The van der Waals surface area contributed by atoms with Gasteiger partial charge in [0, 0.05) is 27.8 Å². The zero-order valence-electron chi connectivity index (χ0n) is 15.8. The fourth-order valence-corrected chi connectivity index (χ4v) is 4.11. The highest BCUT2D eigenvalue weighted by Gasteiger charge is 2.30. The molecule has 0 aliphatic carbocycles. The molecule has 0 saturated heterocycles. The molecule has 0 spiro atoms. The quantitative estimate of drug-likeness (QED) is 0.614. The van der Waals surface area contributed by atoms with Gasteiger partial charge in [-0.15, -0.1) is 11.3 Å². The number of benzene rings is 2. The normalized spacial score (nSPS) is 13.7. The molecule has 2 N–H and O–H groups in total. The fourth-order valence-electron chi connectivity index (χ4n) is 3.18. The first kappa shape index (κ1) is 19.0. The molecule has 2 amide bonds. The van der Waals surface area contributed by atoms with Crippen molar-refractivity contribution in [1.29, 1.82) is 0 Å². The van der Waals surface area contributed by atoms with Crippen molar-refractivity contribution in [3.8, 4) is 21.8 Å². The average molecular weight is 405 g/mol. The van der Waals surface area contributed by atoms with Gasteiger partial charge in [-0.05, 0) is 19.1 Å². The summed E-state index contributed by atoms with van der Waals surface area (Å²) in [5.41, 5.74) is 3.85. The molecule has 2 aromatic carbocycles. The third-order valence-electron chi connectivity index (χ3n) is 4.57. The molecule has 0 atom stereocenters. The minimum absolute atomic E-state index is 0.0138. The number of aromatic nitrogens is 1. The number of aryl methyl sites for hydroxylation is 1. The third-order valence-corrected chi connectivity index (χ3v) is 5.59. The Balaban J connectivity index is 1.58. The van der Waals surface area contributed by atoms with Gasteiger partial charge >= 0.3 is 0 Å². The number of thiazole rings is 1. The number of β-amino-alcohol motifs (C(OH)–C–C–N with tert-alkyl or cyclic N) is 1. The smallest absolute Gasteiger partial charge is 0.277 e. The number of amides is 2. The molecule has 1 aliphatic heterocycles. The van der Waals surface area contributed by atoms with Gasteiger partial charge in [0.15, 0.2) is 0 Å². The van der Waals surface area contributed by atoms with Crippen molar-refractivity contribution in [2.75, 3.05) is 18.5 Å². The van der Waals surface area contributed by atoms with Gasteiger partial charge in [0.05, 0.1) is 18.8 Å². The monoisotopic (exact) mass is 405 g/mol. The average Bonchev–Trinajstić information content (AvgIpc) is 3.24. The van der Waals surface area contributed by atoms with E-state index in [4.69, 9.17) is 10.1 Å². The number of aliphatic hydroxyl groups excluding tert-OH is 1. The van der Waals surface area contributed by atoms with Gasteiger partial charge in [0.25, 0.3) is 11.8 Å². The molecule has 1 aliphatic rings. The zero-order valence-corrected chi connectivity index (χ0v) is 16.6. The van der Waals surface area contributed by atoms with Crippen molar-refractivity contribution in [3.05, 3.63) is 71.2 Å². The number of rotatable bonds is 6. The molecular formula is C22H19N3O3S. The van der Waals surface area contributed by atoms with Crippen molar-refractivity contribution >= 4 is 28.8 Å². The van der Waals surface area contributed by atoms with Crippen LogP contribution in [0.5, 0.6) is 0 Å². The van der Waals surface area contributed by atoms with Crippen molar-refractivity contribution in [2.45, 2.75) is 6.92 Å². The van der Waals surface area contributed by atoms with Crippen LogP contribution in [0.1, 0.15) is 4.88 Å². The van der Waals surface area contributed by atoms with E-state index in [-0.39, 0.29) is 18.8 Å². The second-order valence-corrected chi connectivity index (χ2v) is 7.78. The maximum Gasteiger partial charge on any atom is 0.277 e. The number of anilines is 1. The predicted octanol–water partition coefficient (Wildman–Crippen LogP) is 3.44. The zero-order chi connectivity index (χ0) is 20.4. The molecule has 146 valence electrons. The van der Waals surface area contributed by atoms with Gasteiger partial charge in [-0.25, -0.2) is 4.98 Å². The maximum absolute atomic E-state index is 12.3. The number of hydrogen-bond acceptors (Lipinski definition) is 6. The molecule has 0 unspecified atom stereocenters. The number of carbonyl (C=O) groups is 2. The summed E-state index contributed by atoms with van der Waals surface area (Å²) in [6.45, 7) is 1.77. The van der Waals surface area contributed by atoms with Crippen LogP contribution in [-0.4, -0.2) is 40.0 Å². The van der Waals surface area contributed by atoms with E-state index >= 15 is 0 Å². The summed E-state index contributed by atoms with van der Waals surface area (Å²) in [6.07, 6.45) is 1.26. The summed E-state index contributed by atoms with van der Waals surface area (Å²) in [5, 5.41) is 12.9. The summed E-state index contributed by atoms with van der Waals surface area (Å²) in [4.78, 5) is 31.2. The van der Waals surface area contributed by atoms with E-state index in [1.165, 1.54) is 6.08 Å². The lowest BCUT2D eigenvalue weighted by atomic mass is 10.1. The summed E-state index contributed by atoms with van der Waals surface area (Å²) >= 11 is 1.61. The maximum atomic E-state index is 12.3. The molecule has 0 radical (unpaired) electrons. The molecule has 0 bridgehead atoms. The van der Waals surface area contributed by atoms with Gasteiger partial charge in [0.1, 0.15) is 10.7 Å². The Hall–Kier alpha value is -3.29. The number of aliphatic hydroxyl groups is 1. The minimum Gasteiger partial charge on any atom is -0.395 e. The second-order valence-electron chi connectivity index (χ2n) is 6.57. The van der Waals surface area contributed by atoms with Crippen LogP contribution < -0.4 is 5.32 Å². The van der Waals surface area contributed by atoms with E-state index < -0.39 is 11.8 Å². The first-order chi connectivity index (χ1) is 14.1. The van der Waals surface area contributed by atoms with Crippen LogP contribution in [0.3, 0.4) is 0 Å². The van der Waals surface area contributed by atoms with Crippen molar-refractivity contribution in [3.63, 3.8) is 0 Å². The third kappa shape index (κ3) is 3.83. The van der Waals surface area contributed by atoms with Crippen LogP contribution >= 0.6 is 11.3 Å². The van der Waals surface area contributed by atoms with E-state index in [2.05, 4.69) is 12.2 Å². The van der Waals surface area contributed by atoms with Gasteiger partial charge < -0.3 is 10.4 Å². The molecule has 4 rings (SSSR count). The molecule has 0 fully saturated rings. The number of hydrogen-bond donors (Lipinski definition) is 2. The summed E-state index contributed by atoms with van der Waals surface area (Å²) in [5.74, 6) is -0.864. The predicted molar refractivity (Wildman–Crippen MR) is 113 cm³/mol. The first-order valence-corrected chi connectivity index (χ1v) is 9.97. The largest absolute Gasteiger partial charge is 0.395 e. The lowest BCUT2D eigenvalue weighted by Crippen LogP contribution is -2.34. The van der Waals surface area contributed by atoms with Crippen LogP contribution in [0.4, 0.5) is 5.69 Å². The highest BCUT2D eigenvalue weighted by molar-refractivity contribution is 7.15. The molecule has 2 heterocycles. The molecule has 6 nitrogen and oxygen atoms in total. The van der Waals surface area contributed by atoms with Gasteiger partial charge in [0.2, 0.25) is 0 Å². The summed E-state index contributed by atoms with van der Waals surface area (Å²) in [7, 11) is 0. The molecule has 0 saturated carbocycles. The Morgan fingerprint density at radius 3 is 2.59 bits per heavy atom. The standard InChI is InChI=1S/C22H19N3O3S/c1-14-20(15-6-3-2-4-7-15)24-21(29-14)16-8-5-9-17(12-16)23-18-13-19(27)25(10-11-26)22(18)28/h2-9,12-13,23,26H,10-11H2,1H3. The lowest BCUT2D eigenvalue weighted by molar-refractivity contribution is -0.137. The van der Waals surface area contributed by atoms with Crippen LogP contribution in [-0.2, 0) is 9.59 Å². The van der Waals surface area contributed by atoms with E-state index in [0.29, 0.717) is 5.69 Å². The van der Waals surface area contributed by atoms with Crippen LogP contribution in [0, 0.1) is 6.92 Å². The van der Waals surface area contributed by atoms with Crippen LogP contribution in [0.25, 0.3) is 21.8 Å². The van der Waals surface area contributed by atoms with E-state index in [0.717, 1.165) is 31.6 Å². The molecular weight excluding hydrogens is 386 g/mol. The topological polar surface area (TPSA) is 82.5 Å². The van der Waals surface area contributed by atoms with E-state index in [9.17, 15) is 9.59 Å². The van der Waals surface area contributed by atoms with Crippen LogP contribution in [0.2, 0.25) is 0 Å². The van der Waals surface area contributed by atoms with Gasteiger partial charge in [-0.3, -0.25) is 14.5 Å². The Bertz CT molecular complexity index is 1110. The Morgan fingerprint density at radius 2 is 1.83 bits per heavy atom. The van der Waals surface area contributed by atoms with E-state index in [1.54, 1.807) is 11.3 Å². The van der Waals surface area contributed by atoms with Crippen molar-refractivity contribution < 1.29 is 14.7 Å². The van der Waals surface area contributed by atoms with Gasteiger partial charge in [-0.2, -0.15) is 0 Å². The highest BCUT2D eigenvalue weighted by Crippen LogP contribution is 2.34. The highest BCUT2D eigenvalue weighted by atomic mass is 32.1. The molecule has 1 aromatic heterocycles. The van der Waals surface area contributed by atoms with Crippen LogP contribution in [0.15, 0.2) is 66.4 Å². The second kappa shape index (κ2) is 7.98. The number of imide groups is 1. The summed E-state index contributed by atoms with van der Waals surface area (Å²) < 4.78 is 0. The van der Waals surface area contributed by atoms with Gasteiger partial charge in [-0.1, -0.05) is 42.5 Å².